The molecule has 0 unspecified atom stereocenters. The maximum Gasteiger partial charge on any atom is 0.0972 e. The van der Waals surface area contributed by atoms with E-state index < -0.39 is 0 Å². The summed E-state index contributed by atoms with van der Waals surface area (Å²) in [4.78, 5) is 18.0. The average molecular weight is 651 g/mol. The SMILES string of the molecule is c1ccc(N(c2ccccc2)c2cccc3c2nc(-c2ccccc2-c2ccc4ccc5cccnc5c4n2)c2ccc4ccccc4c23)cc1. The monoisotopic (exact) mass is 650 g/mol. The Balaban J connectivity index is 1.30. The maximum atomic E-state index is 5.67. The molecule has 10 rings (SSSR count). The zero-order chi connectivity index (χ0) is 33.7. The summed E-state index contributed by atoms with van der Waals surface area (Å²) in [7, 11) is 0. The van der Waals surface area contributed by atoms with E-state index in [1.807, 2.05) is 12.3 Å². The van der Waals surface area contributed by atoms with Gasteiger partial charge in [-0.2, -0.15) is 0 Å². The van der Waals surface area contributed by atoms with Crippen molar-refractivity contribution in [2.24, 2.45) is 0 Å². The van der Waals surface area contributed by atoms with Gasteiger partial charge in [-0.15, -0.1) is 0 Å². The Morgan fingerprint density at radius 3 is 1.80 bits per heavy atom. The molecular formula is C47H30N4. The van der Waals surface area contributed by atoms with Gasteiger partial charge in [0.1, 0.15) is 0 Å². The molecule has 10 aromatic rings. The Labute approximate surface area is 294 Å². The number of nitrogens with zero attached hydrogens (tertiary/aromatic N) is 4. The fraction of sp³-hybridized carbons (Fsp3) is 0. The first-order chi connectivity index (χ1) is 25.3. The van der Waals surface area contributed by atoms with Crippen LogP contribution in [0.5, 0.6) is 0 Å². The standard InChI is InChI=1S/C47H30N4/c1-3-15-34(16-4-1)51(35-17-5-2-6-18-35)42-23-11-22-39-43-36-19-8-7-13-31(36)26-28-40(43)46(50-47(39)42)38-21-10-9-20-37(38)41-29-27-33-25-24-32-14-12-30-48-44(32)45(33)49-41/h1-30H. The molecule has 3 heterocycles. The highest BCUT2D eigenvalue weighted by Crippen LogP contribution is 2.45. The first-order valence-corrected chi connectivity index (χ1v) is 17.2. The number of aromatic nitrogens is 3. The van der Waals surface area contributed by atoms with Crippen molar-refractivity contribution >= 4 is 71.3 Å². The molecule has 0 aliphatic rings. The highest BCUT2D eigenvalue weighted by atomic mass is 15.1. The molecule has 0 amide bonds. The number of hydrogen-bond donors (Lipinski definition) is 0. The van der Waals surface area contributed by atoms with E-state index in [0.717, 1.165) is 77.7 Å². The highest BCUT2D eigenvalue weighted by Gasteiger charge is 2.21. The van der Waals surface area contributed by atoms with Crippen molar-refractivity contribution in [1.29, 1.82) is 0 Å². The van der Waals surface area contributed by atoms with Gasteiger partial charge in [0.05, 0.1) is 33.6 Å². The van der Waals surface area contributed by atoms with Crippen LogP contribution in [0, 0.1) is 0 Å². The van der Waals surface area contributed by atoms with Crippen LogP contribution < -0.4 is 4.90 Å². The van der Waals surface area contributed by atoms with Crippen LogP contribution in [0.1, 0.15) is 0 Å². The summed E-state index contributed by atoms with van der Waals surface area (Å²) in [5.74, 6) is 0. The molecule has 0 bridgehead atoms. The summed E-state index contributed by atoms with van der Waals surface area (Å²) in [5.41, 5.74) is 9.74. The third-order valence-electron chi connectivity index (χ3n) is 9.85. The molecule has 0 saturated heterocycles. The van der Waals surface area contributed by atoms with Gasteiger partial charge in [-0.25, -0.2) is 9.97 Å². The van der Waals surface area contributed by atoms with E-state index in [-0.39, 0.29) is 0 Å². The normalized spacial score (nSPS) is 11.5. The van der Waals surface area contributed by atoms with Crippen molar-refractivity contribution in [3.63, 3.8) is 0 Å². The lowest BCUT2D eigenvalue weighted by atomic mass is 9.92. The van der Waals surface area contributed by atoms with Gasteiger partial charge in [0.15, 0.2) is 0 Å². The van der Waals surface area contributed by atoms with Crippen molar-refractivity contribution in [2.45, 2.75) is 0 Å². The Morgan fingerprint density at radius 2 is 1.00 bits per heavy atom. The van der Waals surface area contributed by atoms with E-state index in [9.17, 15) is 0 Å². The van der Waals surface area contributed by atoms with E-state index in [4.69, 9.17) is 15.0 Å². The van der Waals surface area contributed by atoms with E-state index in [2.05, 4.69) is 175 Å². The quantitative estimate of drug-likeness (QED) is 0.174. The van der Waals surface area contributed by atoms with Crippen molar-refractivity contribution in [2.75, 3.05) is 4.90 Å². The lowest BCUT2D eigenvalue weighted by Gasteiger charge is -2.27. The minimum Gasteiger partial charge on any atom is -0.308 e. The molecule has 51 heavy (non-hydrogen) atoms. The number of fused-ring (bicyclic) bond motifs is 8. The summed E-state index contributed by atoms with van der Waals surface area (Å²) in [6.07, 6.45) is 1.84. The predicted molar refractivity (Wildman–Crippen MR) is 213 cm³/mol. The van der Waals surface area contributed by atoms with Crippen LogP contribution in [-0.4, -0.2) is 15.0 Å². The second-order valence-corrected chi connectivity index (χ2v) is 12.8. The minimum absolute atomic E-state index is 0.885. The second kappa shape index (κ2) is 11.9. The summed E-state index contributed by atoms with van der Waals surface area (Å²) >= 11 is 0. The Kier molecular flexibility index (Phi) is 6.78. The molecule has 4 heteroatoms. The predicted octanol–water partition coefficient (Wildman–Crippen LogP) is 12.4. The van der Waals surface area contributed by atoms with E-state index >= 15 is 0 Å². The summed E-state index contributed by atoms with van der Waals surface area (Å²) in [5, 5.41) is 7.93. The molecule has 7 aromatic carbocycles. The first-order valence-electron chi connectivity index (χ1n) is 17.2. The van der Waals surface area contributed by atoms with Gasteiger partial charge in [0, 0.05) is 55.6 Å². The number of pyridine rings is 3. The molecule has 0 spiro atoms. The molecule has 0 aliphatic carbocycles. The Hall–Kier alpha value is -6.91. The number of anilines is 3. The van der Waals surface area contributed by atoms with E-state index in [1.54, 1.807) is 0 Å². The molecule has 0 fully saturated rings. The van der Waals surface area contributed by atoms with Crippen LogP contribution in [-0.2, 0) is 0 Å². The maximum absolute atomic E-state index is 5.67. The highest BCUT2D eigenvalue weighted by molar-refractivity contribution is 6.24. The van der Waals surface area contributed by atoms with Gasteiger partial charge in [-0.05, 0) is 53.2 Å². The summed E-state index contributed by atoms with van der Waals surface area (Å²) < 4.78 is 0. The fourth-order valence-corrected chi connectivity index (χ4v) is 7.54. The minimum atomic E-state index is 0.885. The zero-order valence-corrected chi connectivity index (χ0v) is 27.6. The van der Waals surface area contributed by atoms with Crippen LogP contribution in [0.25, 0.3) is 76.8 Å². The number of para-hydroxylation sites is 3. The van der Waals surface area contributed by atoms with Gasteiger partial charge < -0.3 is 4.90 Å². The smallest absolute Gasteiger partial charge is 0.0972 e. The Bertz CT molecular complexity index is 2880. The number of benzene rings is 7. The topological polar surface area (TPSA) is 41.9 Å². The number of rotatable bonds is 5. The fourth-order valence-electron chi connectivity index (χ4n) is 7.54. The Morgan fingerprint density at radius 1 is 0.373 bits per heavy atom. The molecule has 4 nitrogen and oxygen atoms in total. The number of hydrogen-bond acceptors (Lipinski definition) is 4. The lowest BCUT2D eigenvalue weighted by Crippen LogP contribution is -2.11. The molecule has 0 aliphatic heterocycles. The third kappa shape index (κ3) is 4.80. The van der Waals surface area contributed by atoms with Gasteiger partial charge in [0.25, 0.3) is 0 Å². The third-order valence-corrected chi connectivity index (χ3v) is 9.85. The summed E-state index contributed by atoms with van der Waals surface area (Å²) in [6.45, 7) is 0. The average Bonchev–Trinajstić information content (AvgIpc) is 3.21. The molecule has 0 atom stereocenters. The van der Waals surface area contributed by atoms with Gasteiger partial charge in [-0.3, -0.25) is 4.98 Å². The van der Waals surface area contributed by atoms with Crippen molar-refractivity contribution in [3.05, 3.63) is 182 Å². The second-order valence-electron chi connectivity index (χ2n) is 12.8. The van der Waals surface area contributed by atoms with E-state index in [1.165, 1.54) is 16.2 Å². The zero-order valence-electron chi connectivity index (χ0n) is 27.6. The van der Waals surface area contributed by atoms with Gasteiger partial charge in [-0.1, -0.05) is 133 Å². The van der Waals surface area contributed by atoms with E-state index in [0.29, 0.717) is 0 Å². The van der Waals surface area contributed by atoms with Gasteiger partial charge >= 0.3 is 0 Å². The van der Waals surface area contributed by atoms with Crippen LogP contribution >= 0.6 is 0 Å². The molecule has 0 radical (unpaired) electrons. The van der Waals surface area contributed by atoms with Crippen LogP contribution in [0.4, 0.5) is 17.1 Å². The molecule has 0 N–H and O–H groups in total. The molecule has 0 saturated carbocycles. The largest absolute Gasteiger partial charge is 0.308 e. The molecule has 3 aromatic heterocycles. The molecular weight excluding hydrogens is 621 g/mol. The van der Waals surface area contributed by atoms with Gasteiger partial charge in [0.2, 0.25) is 0 Å². The lowest BCUT2D eigenvalue weighted by molar-refractivity contribution is 1.28. The van der Waals surface area contributed by atoms with Crippen molar-refractivity contribution in [1.82, 2.24) is 15.0 Å². The van der Waals surface area contributed by atoms with Crippen LogP contribution in [0.3, 0.4) is 0 Å². The van der Waals surface area contributed by atoms with Crippen LogP contribution in [0.15, 0.2) is 182 Å². The van der Waals surface area contributed by atoms with Crippen molar-refractivity contribution in [3.8, 4) is 22.5 Å². The summed E-state index contributed by atoms with van der Waals surface area (Å²) in [6, 6.07) is 61.8. The van der Waals surface area contributed by atoms with Crippen LogP contribution in [0.2, 0.25) is 0 Å². The van der Waals surface area contributed by atoms with Crippen molar-refractivity contribution < 1.29 is 0 Å². The molecule has 238 valence electrons. The first kappa shape index (κ1) is 29.0.